The van der Waals surface area contributed by atoms with E-state index >= 15 is 0 Å². The third-order valence-corrected chi connectivity index (χ3v) is 1.10. The molecule has 0 fully saturated rings. The fourth-order valence-corrected chi connectivity index (χ4v) is 0.485. The van der Waals surface area contributed by atoms with Crippen molar-refractivity contribution in [1.29, 1.82) is 10.5 Å². The van der Waals surface area contributed by atoms with E-state index in [0.29, 0.717) is 11.1 Å². The summed E-state index contributed by atoms with van der Waals surface area (Å²) in [6.45, 7) is 5.17. The van der Waals surface area contributed by atoms with E-state index in [0.717, 1.165) is 0 Å². The van der Waals surface area contributed by atoms with Crippen molar-refractivity contribution in [3.05, 3.63) is 36.0 Å². The molecule has 2 nitrogen and oxygen atoms in total. The van der Waals surface area contributed by atoms with Crippen LogP contribution in [0.1, 0.15) is 6.92 Å². The Morgan fingerprint density at radius 1 is 1.27 bits per heavy atom. The zero-order valence-electron chi connectivity index (χ0n) is 6.33. The van der Waals surface area contributed by atoms with Crippen molar-refractivity contribution >= 4 is 0 Å². The van der Waals surface area contributed by atoms with Crippen LogP contribution in [-0.4, -0.2) is 0 Å². The van der Waals surface area contributed by atoms with E-state index in [2.05, 4.69) is 6.58 Å². The first-order valence-electron chi connectivity index (χ1n) is 3.09. The van der Waals surface area contributed by atoms with E-state index < -0.39 is 0 Å². The van der Waals surface area contributed by atoms with Crippen LogP contribution in [0.25, 0.3) is 0 Å². The first-order valence-corrected chi connectivity index (χ1v) is 3.09. The molecule has 0 rings (SSSR count). The number of hydrogen-bond acceptors (Lipinski definition) is 2. The molecule has 0 unspecified atom stereocenters. The lowest BCUT2D eigenvalue weighted by atomic mass is 10.2. The minimum atomic E-state index is 0.402. The molecule has 0 spiro atoms. The summed E-state index contributed by atoms with van der Waals surface area (Å²) in [4.78, 5) is 0. The predicted octanol–water partition coefficient (Wildman–Crippen LogP) is 2.09. The monoisotopic (exact) mass is 144 g/mol. The Morgan fingerprint density at radius 2 is 1.82 bits per heavy atom. The van der Waals surface area contributed by atoms with Crippen LogP contribution in [-0.2, 0) is 0 Å². The smallest absolute Gasteiger partial charge is 0.0991 e. The highest BCUT2D eigenvalue weighted by atomic mass is 14.3. The van der Waals surface area contributed by atoms with Gasteiger partial charge in [0.15, 0.2) is 0 Å². The molecule has 0 saturated carbocycles. The number of nitrogens with zero attached hydrogens (tertiary/aromatic N) is 2. The van der Waals surface area contributed by atoms with Crippen molar-refractivity contribution < 1.29 is 0 Å². The van der Waals surface area contributed by atoms with Gasteiger partial charge in [0, 0.05) is 5.57 Å². The lowest BCUT2D eigenvalue weighted by molar-refractivity contribution is 1.46. The molecule has 0 aromatic rings. The Bertz CT molecular complexity index is 282. The Balaban J connectivity index is 4.70. The Kier molecular flexibility index (Phi) is 4.20. The molecule has 0 aromatic heterocycles. The second kappa shape index (κ2) is 5.02. The van der Waals surface area contributed by atoms with Gasteiger partial charge in [0.2, 0.25) is 0 Å². The summed E-state index contributed by atoms with van der Waals surface area (Å²) in [6.07, 6.45) is 4.55. The molecule has 0 saturated heterocycles. The van der Waals surface area contributed by atoms with Crippen LogP contribution in [0.3, 0.4) is 0 Å². The van der Waals surface area contributed by atoms with Gasteiger partial charge in [-0.1, -0.05) is 18.7 Å². The van der Waals surface area contributed by atoms with E-state index in [4.69, 9.17) is 10.5 Å². The fraction of sp³-hybridized carbons (Fsp3) is 0.111. The van der Waals surface area contributed by atoms with E-state index in [9.17, 15) is 0 Å². The molecule has 0 amide bonds. The molecule has 0 atom stereocenters. The second-order valence-electron chi connectivity index (χ2n) is 1.77. The zero-order valence-corrected chi connectivity index (χ0v) is 6.33. The van der Waals surface area contributed by atoms with Crippen molar-refractivity contribution in [1.82, 2.24) is 0 Å². The largest absolute Gasteiger partial charge is 0.192 e. The maximum atomic E-state index is 8.46. The molecule has 0 bridgehead atoms. The first kappa shape index (κ1) is 9.20. The van der Waals surface area contributed by atoms with Crippen LogP contribution in [0, 0.1) is 22.7 Å². The second-order valence-corrected chi connectivity index (χ2v) is 1.77. The fourth-order valence-electron chi connectivity index (χ4n) is 0.485. The van der Waals surface area contributed by atoms with Crippen molar-refractivity contribution in [3.63, 3.8) is 0 Å². The van der Waals surface area contributed by atoms with Crippen LogP contribution in [0.2, 0.25) is 0 Å². The van der Waals surface area contributed by atoms with Gasteiger partial charge in [-0.25, -0.2) is 0 Å². The van der Waals surface area contributed by atoms with Crippen molar-refractivity contribution in [2.45, 2.75) is 6.92 Å². The summed E-state index contributed by atoms with van der Waals surface area (Å²) in [5.41, 5.74) is 0.876. The average molecular weight is 144 g/mol. The van der Waals surface area contributed by atoms with Gasteiger partial charge in [-0.2, -0.15) is 10.5 Å². The Morgan fingerprint density at radius 3 is 2.09 bits per heavy atom. The van der Waals surface area contributed by atoms with Gasteiger partial charge in [-0.15, -0.1) is 0 Å². The van der Waals surface area contributed by atoms with Crippen molar-refractivity contribution in [2.24, 2.45) is 0 Å². The molecule has 0 N–H and O–H groups in total. The number of hydrogen-bond donors (Lipinski definition) is 0. The van der Waals surface area contributed by atoms with E-state index in [1.807, 2.05) is 12.1 Å². The first-order chi connectivity index (χ1) is 5.28. The number of rotatable bonds is 2. The van der Waals surface area contributed by atoms with Crippen LogP contribution >= 0.6 is 0 Å². The molecule has 0 aliphatic heterocycles. The average Bonchev–Trinajstić information content (AvgIpc) is 2.07. The molecule has 0 aliphatic rings. The molecular formula is C9H8N2. The van der Waals surface area contributed by atoms with Crippen molar-refractivity contribution in [2.75, 3.05) is 0 Å². The quantitative estimate of drug-likeness (QED) is 0.440. The maximum Gasteiger partial charge on any atom is 0.0991 e. The zero-order chi connectivity index (χ0) is 8.69. The summed E-state index contributed by atoms with van der Waals surface area (Å²) >= 11 is 0. The molecule has 0 radical (unpaired) electrons. The SMILES string of the molecule is C=C/C(C#N)=C\C(C#N)=C/C. The molecule has 0 aromatic carbocycles. The predicted molar refractivity (Wildman–Crippen MR) is 43.3 cm³/mol. The van der Waals surface area contributed by atoms with Gasteiger partial charge in [0.25, 0.3) is 0 Å². The topological polar surface area (TPSA) is 47.6 Å². The number of nitriles is 2. The molecule has 11 heavy (non-hydrogen) atoms. The molecule has 0 heterocycles. The summed E-state index contributed by atoms with van der Waals surface area (Å²) < 4.78 is 0. The minimum absolute atomic E-state index is 0.402. The standard InChI is InChI=1S/C9H8N2/c1-3-8(6-10)5-9(4-2)7-11/h3-5H,1H2,2H3/b8-5+,9-4+. The van der Waals surface area contributed by atoms with Crippen molar-refractivity contribution in [3.8, 4) is 12.1 Å². The van der Waals surface area contributed by atoms with E-state index in [-0.39, 0.29) is 0 Å². The lowest BCUT2D eigenvalue weighted by Crippen LogP contribution is -1.74. The highest BCUT2D eigenvalue weighted by Gasteiger charge is 1.90. The Labute approximate surface area is 66.4 Å². The highest BCUT2D eigenvalue weighted by molar-refractivity contribution is 5.43. The van der Waals surface area contributed by atoms with Gasteiger partial charge in [0.1, 0.15) is 0 Å². The number of allylic oxidation sites excluding steroid dienone is 5. The normalized spacial score (nSPS) is 11.5. The molecular weight excluding hydrogens is 136 g/mol. The summed E-state index contributed by atoms with van der Waals surface area (Å²) in [5.74, 6) is 0. The third-order valence-electron chi connectivity index (χ3n) is 1.10. The van der Waals surface area contributed by atoms with Gasteiger partial charge in [-0.05, 0) is 13.0 Å². The summed E-state index contributed by atoms with van der Waals surface area (Å²) in [6, 6.07) is 3.84. The summed E-state index contributed by atoms with van der Waals surface area (Å²) in [5, 5.41) is 16.9. The highest BCUT2D eigenvalue weighted by Crippen LogP contribution is 2.01. The van der Waals surface area contributed by atoms with Crippen LogP contribution in [0.15, 0.2) is 36.0 Å². The summed E-state index contributed by atoms with van der Waals surface area (Å²) in [7, 11) is 0. The van der Waals surface area contributed by atoms with Gasteiger partial charge in [-0.3, -0.25) is 0 Å². The van der Waals surface area contributed by atoms with Gasteiger partial charge >= 0.3 is 0 Å². The minimum Gasteiger partial charge on any atom is -0.192 e. The van der Waals surface area contributed by atoms with E-state index in [1.54, 1.807) is 13.0 Å². The van der Waals surface area contributed by atoms with Crippen LogP contribution in [0.4, 0.5) is 0 Å². The molecule has 2 heteroatoms. The Hall–Kier alpha value is -1.80. The van der Waals surface area contributed by atoms with Gasteiger partial charge < -0.3 is 0 Å². The molecule has 54 valence electrons. The van der Waals surface area contributed by atoms with Crippen LogP contribution < -0.4 is 0 Å². The maximum absolute atomic E-state index is 8.46. The lowest BCUT2D eigenvalue weighted by Gasteiger charge is -1.85. The van der Waals surface area contributed by atoms with Crippen LogP contribution in [0.5, 0.6) is 0 Å². The third kappa shape index (κ3) is 3.03. The van der Waals surface area contributed by atoms with Gasteiger partial charge in [0.05, 0.1) is 17.7 Å². The van der Waals surface area contributed by atoms with E-state index in [1.165, 1.54) is 12.2 Å². The molecule has 0 aliphatic carbocycles.